The van der Waals surface area contributed by atoms with Crippen molar-refractivity contribution < 1.29 is 8.42 Å². The average molecular weight is 375 g/mol. The van der Waals surface area contributed by atoms with E-state index in [9.17, 15) is 8.42 Å². The van der Waals surface area contributed by atoms with Gasteiger partial charge in [-0.05, 0) is 73.8 Å². The smallest absolute Gasteiger partial charge is 0.244 e. The molecule has 6 heteroatoms. The molecule has 118 valence electrons. The van der Waals surface area contributed by atoms with Gasteiger partial charge in [-0.25, -0.2) is 8.42 Å². The molecule has 0 bridgehead atoms. The summed E-state index contributed by atoms with van der Waals surface area (Å²) in [5.74, 6) is 0. The highest BCUT2D eigenvalue weighted by molar-refractivity contribution is 9.10. The summed E-state index contributed by atoms with van der Waals surface area (Å²) in [6, 6.07) is 5.56. The van der Waals surface area contributed by atoms with Crippen LogP contribution in [0.4, 0.5) is 0 Å². The fourth-order valence-corrected chi connectivity index (χ4v) is 5.49. The van der Waals surface area contributed by atoms with Gasteiger partial charge in [-0.3, -0.25) is 0 Å². The van der Waals surface area contributed by atoms with Gasteiger partial charge in [0.05, 0.1) is 4.90 Å². The van der Waals surface area contributed by atoms with Crippen LogP contribution in [0.1, 0.15) is 32.3 Å². The predicted octanol–water partition coefficient (Wildman–Crippen LogP) is 2.91. The number of hydrogen-bond donors (Lipinski definition) is 1. The second-order valence-corrected chi connectivity index (χ2v) is 8.61. The molecular formula is C15H23BrN2O2S. The Hall–Kier alpha value is -0.430. The Morgan fingerprint density at radius 1 is 1.43 bits per heavy atom. The standard InChI is InChI=1S/C15H23BrN2O2S/c1-11(2)18(10-13-5-4-8-17-13)21(19,20)15-7-6-12(3)9-14(15)16/h6-7,9,11,13,17H,4-5,8,10H2,1-3H3. The number of benzene rings is 1. The lowest BCUT2D eigenvalue weighted by Gasteiger charge is -2.29. The molecule has 0 spiro atoms. The summed E-state index contributed by atoms with van der Waals surface area (Å²) in [5, 5.41) is 3.37. The van der Waals surface area contributed by atoms with Gasteiger partial charge < -0.3 is 5.32 Å². The summed E-state index contributed by atoms with van der Waals surface area (Å²) in [5.41, 5.74) is 1.04. The lowest BCUT2D eigenvalue weighted by atomic mass is 10.2. The van der Waals surface area contributed by atoms with Gasteiger partial charge in [-0.1, -0.05) is 6.07 Å². The Morgan fingerprint density at radius 3 is 2.67 bits per heavy atom. The maximum atomic E-state index is 13.0. The van der Waals surface area contributed by atoms with Gasteiger partial charge in [-0.15, -0.1) is 0 Å². The van der Waals surface area contributed by atoms with Crippen molar-refractivity contribution in [2.24, 2.45) is 0 Å². The van der Waals surface area contributed by atoms with Crippen LogP contribution in [0.25, 0.3) is 0 Å². The van der Waals surface area contributed by atoms with Crippen molar-refractivity contribution in [3.05, 3.63) is 28.2 Å². The van der Waals surface area contributed by atoms with Gasteiger partial charge >= 0.3 is 0 Å². The highest BCUT2D eigenvalue weighted by Crippen LogP contribution is 2.27. The fourth-order valence-electron chi connectivity index (χ4n) is 2.66. The van der Waals surface area contributed by atoms with Crippen LogP contribution in [0.5, 0.6) is 0 Å². The molecule has 0 saturated carbocycles. The van der Waals surface area contributed by atoms with Gasteiger partial charge in [0.15, 0.2) is 0 Å². The zero-order valence-electron chi connectivity index (χ0n) is 12.8. The SMILES string of the molecule is Cc1ccc(S(=O)(=O)N(CC2CCCN2)C(C)C)c(Br)c1. The van der Waals surface area contributed by atoms with Gasteiger partial charge in [0.25, 0.3) is 0 Å². The fraction of sp³-hybridized carbons (Fsp3) is 0.600. The third-order valence-electron chi connectivity index (χ3n) is 3.81. The van der Waals surface area contributed by atoms with E-state index in [1.54, 1.807) is 10.4 Å². The van der Waals surface area contributed by atoms with E-state index in [0.29, 0.717) is 15.9 Å². The van der Waals surface area contributed by atoms with E-state index in [-0.39, 0.29) is 12.1 Å². The Kier molecular flexibility index (Phi) is 5.46. The number of halogens is 1. The molecule has 1 unspecified atom stereocenters. The molecule has 1 aromatic carbocycles. The molecular weight excluding hydrogens is 352 g/mol. The van der Waals surface area contributed by atoms with Crippen molar-refractivity contribution in [3.8, 4) is 0 Å². The number of rotatable bonds is 5. The van der Waals surface area contributed by atoms with E-state index in [0.717, 1.165) is 24.9 Å². The van der Waals surface area contributed by atoms with E-state index in [2.05, 4.69) is 21.2 Å². The van der Waals surface area contributed by atoms with Crippen LogP contribution in [0.15, 0.2) is 27.6 Å². The second kappa shape index (κ2) is 6.77. The minimum absolute atomic E-state index is 0.0643. The first-order valence-electron chi connectivity index (χ1n) is 7.33. The molecule has 1 heterocycles. The molecule has 0 radical (unpaired) electrons. The van der Waals surface area contributed by atoms with Crippen LogP contribution in [-0.4, -0.2) is 37.9 Å². The number of aryl methyl sites for hydroxylation is 1. The highest BCUT2D eigenvalue weighted by Gasteiger charge is 2.31. The molecule has 1 atom stereocenters. The molecule has 1 saturated heterocycles. The number of hydrogen-bond acceptors (Lipinski definition) is 3. The third-order valence-corrected chi connectivity index (χ3v) is 6.83. The zero-order valence-corrected chi connectivity index (χ0v) is 15.2. The van der Waals surface area contributed by atoms with Crippen molar-refractivity contribution in [2.75, 3.05) is 13.1 Å². The summed E-state index contributed by atoms with van der Waals surface area (Å²) >= 11 is 3.39. The monoisotopic (exact) mass is 374 g/mol. The van der Waals surface area contributed by atoms with E-state index >= 15 is 0 Å². The van der Waals surface area contributed by atoms with Gasteiger partial charge in [-0.2, -0.15) is 4.31 Å². The van der Waals surface area contributed by atoms with Crippen LogP contribution in [-0.2, 0) is 10.0 Å². The second-order valence-electron chi connectivity index (χ2n) is 5.90. The zero-order chi connectivity index (χ0) is 15.6. The molecule has 2 rings (SSSR count). The van der Waals surface area contributed by atoms with Crippen molar-refractivity contribution >= 4 is 26.0 Å². The minimum atomic E-state index is -3.49. The maximum absolute atomic E-state index is 13.0. The van der Waals surface area contributed by atoms with Crippen molar-refractivity contribution in [1.82, 2.24) is 9.62 Å². The Balaban J connectivity index is 2.32. The summed E-state index contributed by atoms with van der Waals surface area (Å²) in [6.07, 6.45) is 2.15. The van der Waals surface area contributed by atoms with E-state index in [1.165, 1.54) is 0 Å². The molecule has 0 amide bonds. The van der Waals surface area contributed by atoms with Crippen LogP contribution in [0, 0.1) is 6.92 Å². The number of nitrogens with one attached hydrogen (secondary N) is 1. The lowest BCUT2D eigenvalue weighted by molar-refractivity contribution is 0.322. The quantitative estimate of drug-likeness (QED) is 0.861. The van der Waals surface area contributed by atoms with E-state index in [4.69, 9.17) is 0 Å². The first-order valence-corrected chi connectivity index (χ1v) is 9.57. The van der Waals surface area contributed by atoms with E-state index < -0.39 is 10.0 Å². The normalized spacial score (nSPS) is 19.6. The summed E-state index contributed by atoms with van der Waals surface area (Å²) in [7, 11) is -3.49. The highest BCUT2D eigenvalue weighted by atomic mass is 79.9. The molecule has 1 fully saturated rings. The molecule has 1 aromatic rings. The topological polar surface area (TPSA) is 49.4 Å². The molecule has 0 aliphatic carbocycles. The van der Waals surface area contributed by atoms with Crippen molar-refractivity contribution in [1.29, 1.82) is 0 Å². The van der Waals surface area contributed by atoms with Gasteiger partial charge in [0, 0.05) is 23.1 Å². The molecule has 0 aromatic heterocycles. The molecule has 21 heavy (non-hydrogen) atoms. The lowest BCUT2D eigenvalue weighted by Crippen LogP contribution is -2.44. The minimum Gasteiger partial charge on any atom is -0.313 e. The maximum Gasteiger partial charge on any atom is 0.244 e. The molecule has 4 nitrogen and oxygen atoms in total. The first-order chi connectivity index (χ1) is 9.82. The van der Waals surface area contributed by atoms with E-state index in [1.807, 2.05) is 32.9 Å². The first kappa shape index (κ1) is 16.9. The van der Waals surface area contributed by atoms with Crippen molar-refractivity contribution in [3.63, 3.8) is 0 Å². The van der Waals surface area contributed by atoms with Gasteiger partial charge in [0.1, 0.15) is 0 Å². The third kappa shape index (κ3) is 3.86. The Morgan fingerprint density at radius 2 is 2.14 bits per heavy atom. The largest absolute Gasteiger partial charge is 0.313 e. The summed E-state index contributed by atoms with van der Waals surface area (Å²) in [4.78, 5) is 0.347. The van der Waals surface area contributed by atoms with Crippen molar-refractivity contribution in [2.45, 2.75) is 50.6 Å². The Bertz CT molecular complexity index is 596. The molecule has 1 aliphatic heterocycles. The molecule has 1 N–H and O–H groups in total. The Labute approximate surface area is 136 Å². The number of sulfonamides is 1. The number of nitrogens with zero attached hydrogens (tertiary/aromatic N) is 1. The average Bonchev–Trinajstić information content (AvgIpc) is 2.87. The predicted molar refractivity (Wildman–Crippen MR) is 88.9 cm³/mol. The van der Waals surface area contributed by atoms with Crippen LogP contribution >= 0.6 is 15.9 Å². The summed E-state index contributed by atoms with van der Waals surface area (Å²) < 4.78 is 28.2. The van der Waals surface area contributed by atoms with Crippen LogP contribution < -0.4 is 5.32 Å². The molecule has 1 aliphatic rings. The van der Waals surface area contributed by atoms with Crippen LogP contribution in [0.3, 0.4) is 0 Å². The van der Waals surface area contributed by atoms with Crippen LogP contribution in [0.2, 0.25) is 0 Å². The van der Waals surface area contributed by atoms with Gasteiger partial charge in [0.2, 0.25) is 10.0 Å². The summed E-state index contributed by atoms with van der Waals surface area (Å²) in [6.45, 7) is 7.30.